The predicted octanol–water partition coefficient (Wildman–Crippen LogP) is 3.96. The molecular weight excluding hydrogens is 326 g/mol. The normalized spacial score (nSPS) is 11.8. The van der Waals surface area contributed by atoms with Gasteiger partial charge in [-0.2, -0.15) is 0 Å². The Morgan fingerprint density at radius 1 is 1.24 bits per heavy atom. The van der Waals surface area contributed by atoms with Gasteiger partial charge < -0.3 is 0 Å². The van der Waals surface area contributed by atoms with Gasteiger partial charge in [0, 0.05) is 21.6 Å². The van der Waals surface area contributed by atoms with E-state index >= 15 is 0 Å². The number of aryl methyl sites for hydroxylation is 3. The van der Waals surface area contributed by atoms with Gasteiger partial charge in [0.15, 0.2) is 4.96 Å². The second-order valence-corrected chi connectivity index (χ2v) is 7.42. The first-order valence-corrected chi connectivity index (χ1v) is 8.27. The van der Waals surface area contributed by atoms with Crippen LogP contribution in [0.4, 0.5) is 0 Å². The van der Waals surface area contributed by atoms with Crippen LogP contribution in [0.25, 0.3) is 17.1 Å². The Bertz CT molecular complexity index is 920. The van der Waals surface area contributed by atoms with Crippen molar-refractivity contribution in [2.24, 2.45) is 0 Å². The second-order valence-electron chi connectivity index (χ2n) is 4.59. The Balaban J connectivity index is 2.13. The number of aromatic nitrogens is 3. The van der Waals surface area contributed by atoms with Crippen LogP contribution in [0, 0.1) is 20.8 Å². The molecule has 0 saturated heterocycles. The van der Waals surface area contributed by atoms with Crippen molar-refractivity contribution >= 4 is 51.4 Å². The van der Waals surface area contributed by atoms with Crippen molar-refractivity contribution in [2.45, 2.75) is 20.8 Å². The summed E-state index contributed by atoms with van der Waals surface area (Å²) in [6.45, 7) is 5.81. The van der Waals surface area contributed by atoms with Gasteiger partial charge in [0.05, 0.1) is 10.7 Å². The Morgan fingerprint density at radius 3 is 2.67 bits per heavy atom. The molecule has 108 valence electrons. The molecule has 3 rings (SSSR count). The molecule has 0 spiro atoms. The Labute approximate surface area is 134 Å². The lowest BCUT2D eigenvalue weighted by molar-refractivity contribution is 1.01. The van der Waals surface area contributed by atoms with Gasteiger partial charge in [0.25, 0.3) is 5.56 Å². The molecule has 3 aromatic heterocycles. The first-order chi connectivity index (χ1) is 9.97. The highest BCUT2D eigenvalue weighted by atomic mass is 35.5. The van der Waals surface area contributed by atoms with Gasteiger partial charge in [-0.3, -0.25) is 9.20 Å². The lowest BCUT2D eigenvalue weighted by atomic mass is 10.3. The first kappa shape index (κ1) is 14.4. The van der Waals surface area contributed by atoms with Crippen molar-refractivity contribution in [3.63, 3.8) is 0 Å². The summed E-state index contributed by atoms with van der Waals surface area (Å²) in [6.07, 6.45) is 5.43. The zero-order valence-corrected chi connectivity index (χ0v) is 14.1. The summed E-state index contributed by atoms with van der Waals surface area (Å²) < 4.78 is 1.57. The van der Waals surface area contributed by atoms with E-state index in [1.165, 1.54) is 11.3 Å². The smallest absolute Gasteiger partial charge is 0.267 e. The Hall–Kier alpha value is -1.50. The fourth-order valence-electron chi connectivity index (χ4n) is 1.96. The highest BCUT2D eigenvalue weighted by Crippen LogP contribution is 2.23. The van der Waals surface area contributed by atoms with Gasteiger partial charge in [-0.1, -0.05) is 11.6 Å². The zero-order chi connectivity index (χ0) is 15.1. The number of hydrogen-bond acceptors (Lipinski definition) is 5. The number of hydrogen-bond donors (Lipinski definition) is 0. The van der Waals surface area contributed by atoms with Crippen molar-refractivity contribution < 1.29 is 0 Å². The highest BCUT2D eigenvalue weighted by molar-refractivity contribution is 7.17. The molecule has 0 fully saturated rings. The van der Waals surface area contributed by atoms with E-state index in [-0.39, 0.29) is 10.6 Å². The lowest BCUT2D eigenvalue weighted by Gasteiger charge is -2.00. The van der Waals surface area contributed by atoms with Crippen molar-refractivity contribution in [2.75, 3.05) is 0 Å². The SMILES string of the molecule is Cc1ncc(/C=C/c2nc3sc(C)c(C)n3c(=O)c2Cl)s1. The van der Waals surface area contributed by atoms with E-state index in [1.54, 1.807) is 28.0 Å². The summed E-state index contributed by atoms with van der Waals surface area (Å²) in [7, 11) is 0. The summed E-state index contributed by atoms with van der Waals surface area (Å²) >= 11 is 9.24. The number of fused-ring (bicyclic) bond motifs is 1. The van der Waals surface area contributed by atoms with E-state index in [1.807, 2.05) is 26.8 Å². The summed E-state index contributed by atoms with van der Waals surface area (Å²) in [6, 6.07) is 0. The molecule has 0 N–H and O–H groups in total. The minimum atomic E-state index is -0.219. The molecule has 0 amide bonds. The fraction of sp³-hybridized carbons (Fsp3) is 0.214. The first-order valence-electron chi connectivity index (χ1n) is 6.26. The lowest BCUT2D eigenvalue weighted by Crippen LogP contribution is -2.16. The molecule has 4 nitrogen and oxygen atoms in total. The van der Waals surface area contributed by atoms with E-state index in [4.69, 9.17) is 11.6 Å². The van der Waals surface area contributed by atoms with Gasteiger partial charge in [-0.05, 0) is 32.9 Å². The van der Waals surface area contributed by atoms with E-state index in [0.29, 0.717) is 10.7 Å². The minimum Gasteiger partial charge on any atom is -0.267 e. The van der Waals surface area contributed by atoms with Crippen LogP contribution >= 0.6 is 34.3 Å². The average molecular weight is 338 g/mol. The standard InChI is InChI=1S/C14H12ClN3OS2/c1-7-8(2)20-14-17-11(12(15)13(19)18(7)14)5-4-10-6-16-9(3)21-10/h4-6H,1-3H3/b5-4+. The molecule has 3 heterocycles. The van der Waals surface area contributed by atoms with Crippen molar-refractivity contribution in [1.82, 2.24) is 14.4 Å². The van der Waals surface area contributed by atoms with Crippen molar-refractivity contribution in [3.05, 3.63) is 47.7 Å². The van der Waals surface area contributed by atoms with Crippen LogP contribution in [0.5, 0.6) is 0 Å². The molecule has 21 heavy (non-hydrogen) atoms. The average Bonchev–Trinajstić information content (AvgIpc) is 2.97. The van der Waals surface area contributed by atoms with Crippen LogP contribution in [-0.4, -0.2) is 14.4 Å². The Kier molecular flexibility index (Phi) is 3.69. The van der Waals surface area contributed by atoms with Crippen LogP contribution in [0.2, 0.25) is 5.02 Å². The maximum absolute atomic E-state index is 12.4. The molecule has 0 radical (unpaired) electrons. The maximum Gasteiger partial charge on any atom is 0.278 e. The molecule has 0 aliphatic carbocycles. The predicted molar refractivity (Wildman–Crippen MR) is 89.6 cm³/mol. The third-order valence-corrected chi connectivity index (χ3v) is 5.45. The largest absolute Gasteiger partial charge is 0.278 e. The molecule has 0 unspecified atom stereocenters. The zero-order valence-electron chi connectivity index (χ0n) is 11.7. The topological polar surface area (TPSA) is 47.3 Å². The summed E-state index contributed by atoms with van der Waals surface area (Å²) in [5.41, 5.74) is 1.17. The van der Waals surface area contributed by atoms with Crippen LogP contribution in [0.15, 0.2) is 11.0 Å². The molecule has 3 aromatic rings. The monoisotopic (exact) mass is 337 g/mol. The highest BCUT2D eigenvalue weighted by Gasteiger charge is 2.13. The maximum atomic E-state index is 12.4. The van der Waals surface area contributed by atoms with E-state index in [2.05, 4.69) is 9.97 Å². The van der Waals surface area contributed by atoms with E-state index in [0.717, 1.165) is 20.5 Å². The van der Waals surface area contributed by atoms with Crippen LogP contribution < -0.4 is 5.56 Å². The van der Waals surface area contributed by atoms with Crippen molar-refractivity contribution in [1.29, 1.82) is 0 Å². The molecule has 0 aliphatic rings. The van der Waals surface area contributed by atoms with Gasteiger partial charge >= 0.3 is 0 Å². The van der Waals surface area contributed by atoms with Gasteiger partial charge in [-0.15, -0.1) is 22.7 Å². The van der Waals surface area contributed by atoms with Crippen LogP contribution in [-0.2, 0) is 0 Å². The molecule has 0 bridgehead atoms. The number of rotatable bonds is 2. The quantitative estimate of drug-likeness (QED) is 0.711. The minimum absolute atomic E-state index is 0.144. The molecule has 7 heteroatoms. The van der Waals surface area contributed by atoms with Gasteiger partial charge in [0.1, 0.15) is 5.02 Å². The number of halogens is 1. The fourth-order valence-corrected chi connectivity index (χ4v) is 3.80. The van der Waals surface area contributed by atoms with Gasteiger partial charge in [0.2, 0.25) is 0 Å². The summed E-state index contributed by atoms with van der Waals surface area (Å²) in [5, 5.41) is 1.14. The Morgan fingerprint density at radius 2 is 2.00 bits per heavy atom. The van der Waals surface area contributed by atoms with Crippen LogP contribution in [0.1, 0.15) is 26.1 Å². The molecular formula is C14H12ClN3OS2. The number of nitrogens with zero attached hydrogens (tertiary/aromatic N) is 3. The molecule has 0 atom stereocenters. The summed E-state index contributed by atoms with van der Waals surface area (Å²) in [4.78, 5) is 23.8. The van der Waals surface area contributed by atoms with E-state index in [9.17, 15) is 4.79 Å². The number of thiazole rings is 2. The third-order valence-electron chi connectivity index (χ3n) is 3.16. The second kappa shape index (κ2) is 5.36. The van der Waals surface area contributed by atoms with E-state index < -0.39 is 0 Å². The van der Waals surface area contributed by atoms with Crippen LogP contribution in [0.3, 0.4) is 0 Å². The molecule has 0 saturated carbocycles. The summed E-state index contributed by atoms with van der Waals surface area (Å²) in [5.74, 6) is 0. The van der Waals surface area contributed by atoms with Crippen molar-refractivity contribution in [3.8, 4) is 0 Å². The molecule has 0 aromatic carbocycles. The molecule has 0 aliphatic heterocycles. The third kappa shape index (κ3) is 2.54. The van der Waals surface area contributed by atoms with Gasteiger partial charge in [-0.25, -0.2) is 9.97 Å².